The van der Waals surface area contributed by atoms with Crippen molar-refractivity contribution in [2.45, 2.75) is 13.0 Å². The maximum atomic E-state index is 6.05. The quantitative estimate of drug-likeness (QED) is 0.511. The van der Waals surface area contributed by atoms with Crippen LogP contribution in [0.5, 0.6) is 0 Å². The minimum absolute atomic E-state index is 0.670. The Morgan fingerprint density at radius 2 is 2.04 bits per heavy atom. The molecule has 0 radical (unpaired) electrons. The molecule has 0 saturated heterocycles. The molecular formula is C19H16ClN3O. The summed E-state index contributed by atoms with van der Waals surface area (Å²) in [6.07, 6.45) is 0.996. The second-order valence-corrected chi connectivity index (χ2v) is 6.72. The van der Waals surface area contributed by atoms with Crippen molar-refractivity contribution in [1.29, 1.82) is 0 Å². The summed E-state index contributed by atoms with van der Waals surface area (Å²) >= 11 is 6.05. The van der Waals surface area contributed by atoms with E-state index in [1.165, 1.54) is 22.2 Å². The molecule has 0 aliphatic carbocycles. The van der Waals surface area contributed by atoms with Gasteiger partial charge in [-0.1, -0.05) is 29.8 Å². The fraction of sp³-hybridized carbons (Fsp3) is 0.211. The zero-order valence-electron chi connectivity index (χ0n) is 13.3. The van der Waals surface area contributed by atoms with Gasteiger partial charge in [0.1, 0.15) is 5.52 Å². The molecule has 0 bridgehead atoms. The molecule has 1 aliphatic heterocycles. The van der Waals surface area contributed by atoms with Crippen LogP contribution in [-0.4, -0.2) is 16.1 Å². The van der Waals surface area contributed by atoms with Gasteiger partial charge in [0.15, 0.2) is 5.58 Å². The van der Waals surface area contributed by atoms with Gasteiger partial charge >= 0.3 is 0 Å². The lowest BCUT2D eigenvalue weighted by Gasteiger charge is -2.26. The van der Waals surface area contributed by atoms with Gasteiger partial charge in [0.25, 0.3) is 6.01 Å². The Morgan fingerprint density at radius 3 is 2.96 bits per heavy atom. The van der Waals surface area contributed by atoms with Crippen molar-refractivity contribution < 1.29 is 4.42 Å². The highest BCUT2D eigenvalue weighted by atomic mass is 35.5. The maximum absolute atomic E-state index is 6.05. The van der Waals surface area contributed by atoms with Crippen LogP contribution in [0.3, 0.4) is 0 Å². The van der Waals surface area contributed by atoms with Crippen LogP contribution < -0.4 is 4.90 Å². The van der Waals surface area contributed by atoms with Crippen molar-refractivity contribution in [3.63, 3.8) is 0 Å². The first-order valence-corrected chi connectivity index (χ1v) is 8.45. The van der Waals surface area contributed by atoms with Crippen molar-refractivity contribution in [2.75, 3.05) is 11.4 Å². The van der Waals surface area contributed by atoms with E-state index < -0.39 is 0 Å². The Kier molecular flexibility index (Phi) is 2.91. The average Bonchev–Trinajstić information content (AvgIpc) is 3.15. The van der Waals surface area contributed by atoms with Crippen LogP contribution in [0.4, 0.5) is 6.01 Å². The molecule has 0 unspecified atom stereocenters. The number of aryl methyl sites for hydroxylation is 1. The van der Waals surface area contributed by atoms with Crippen LogP contribution in [0.15, 0.2) is 46.9 Å². The van der Waals surface area contributed by atoms with E-state index >= 15 is 0 Å². The van der Waals surface area contributed by atoms with Crippen LogP contribution in [-0.2, 0) is 20.0 Å². The van der Waals surface area contributed by atoms with E-state index in [2.05, 4.69) is 45.8 Å². The third-order valence-electron chi connectivity index (χ3n) is 4.92. The highest BCUT2D eigenvalue weighted by Gasteiger charge is 2.25. The zero-order valence-corrected chi connectivity index (χ0v) is 14.0. The smallest absolute Gasteiger partial charge is 0.298 e. The van der Waals surface area contributed by atoms with Crippen LogP contribution in [0.1, 0.15) is 11.3 Å². The molecule has 0 N–H and O–H groups in total. The molecule has 2 aromatic carbocycles. The lowest BCUT2D eigenvalue weighted by molar-refractivity contribution is 0.548. The van der Waals surface area contributed by atoms with Gasteiger partial charge in [-0.05, 0) is 36.2 Å². The van der Waals surface area contributed by atoms with E-state index in [0.717, 1.165) is 30.6 Å². The number of rotatable bonds is 1. The largest absolute Gasteiger partial charge is 0.423 e. The average molecular weight is 338 g/mol. The molecule has 0 fully saturated rings. The Hall–Kier alpha value is -2.46. The molecule has 0 spiro atoms. The van der Waals surface area contributed by atoms with E-state index in [-0.39, 0.29) is 0 Å². The molecule has 4 aromatic rings. The molecule has 5 rings (SSSR count). The first-order chi connectivity index (χ1) is 11.7. The Bertz CT molecular complexity index is 1080. The Balaban J connectivity index is 1.58. The van der Waals surface area contributed by atoms with E-state index in [0.29, 0.717) is 11.0 Å². The number of para-hydroxylation sites is 1. The highest BCUT2D eigenvalue weighted by Crippen LogP contribution is 2.33. The second kappa shape index (κ2) is 5.02. The Labute approximate surface area is 144 Å². The van der Waals surface area contributed by atoms with Crippen LogP contribution in [0, 0.1) is 0 Å². The topological polar surface area (TPSA) is 34.2 Å². The van der Waals surface area contributed by atoms with Crippen molar-refractivity contribution >= 4 is 39.6 Å². The molecule has 5 heteroatoms. The molecule has 1 aliphatic rings. The number of nitrogens with zero attached hydrogens (tertiary/aromatic N) is 3. The standard InChI is InChI=1S/C19H16ClN3O/c1-22-16-5-3-2-4-13(16)14-8-9-23(11-17(14)22)19-21-15-10-12(20)6-7-18(15)24-19/h2-7,10H,8-9,11H2,1H3. The number of oxazole rings is 1. The number of aromatic nitrogens is 2. The lowest BCUT2D eigenvalue weighted by atomic mass is 10.0. The summed E-state index contributed by atoms with van der Waals surface area (Å²) in [5, 5.41) is 2.04. The number of fused-ring (bicyclic) bond motifs is 4. The van der Waals surface area contributed by atoms with Crippen LogP contribution >= 0.6 is 11.6 Å². The van der Waals surface area contributed by atoms with Crippen LogP contribution in [0.25, 0.3) is 22.0 Å². The third kappa shape index (κ3) is 1.96. The molecule has 2 aromatic heterocycles. The summed E-state index contributed by atoms with van der Waals surface area (Å²) in [4.78, 5) is 6.82. The van der Waals surface area contributed by atoms with E-state index in [4.69, 9.17) is 16.0 Å². The first kappa shape index (κ1) is 13.9. The van der Waals surface area contributed by atoms with Crippen molar-refractivity contribution in [1.82, 2.24) is 9.55 Å². The molecule has 120 valence electrons. The van der Waals surface area contributed by atoms with Crippen molar-refractivity contribution in [3.05, 3.63) is 58.7 Å². The second-order valence-electron chi connectivity index (χ2n) is 6.28. The minimum atomic E-state index is 0.670. The summed E-state index contributed by atoms with van der Waals surface area (Å²) in [7, 11) is 2.14. The monoisotopic (exact) mass is 337 g/mol. The molecule has 3 heterocycles. The van der Waals surface area contributed by atoms with Gasteiger partial charge in [-0.3, -0.25) is 0 Å². The summed E-state index contributed by atoms with van der Waals surface area (Å²) in [6.45, 7) is 1.71. The predicted octanol–water partition coefficient (Wildman–Crippen LogP) is 4.54. The summed E-state index contributed by atoms with van der Waals surface area (Å²) in [6, 6.07) is 14.8. The van der Waals surface area contributed by atoms with Crippen molar-refractivity contribution in [3.8, 4) is 0 Å². The predicted molar refractivity (Wildman–Crippen MR) is 96.7 cm³/mol. The third-order valence-corrected chi connectivity index (χ3v) is 5.16. The number of hydrogen-bond donors (Lipinski definition) is 0. The molecule has 24 heavy (non-hydrogen) atoms. The first-order valence-electron chi connectivity index (χ1n) is 8.07. The van der Waals surface area contributed by atoms with Crippen molar-refractivity contribution in [2.24, 2.45) is 7.05 Å². The lowest BCUT2D eigenvalue weighted by Crippen LogP contribution is -2.31. The van der Waals surface area contributed by atoms with Gasteiger partial charge in [0.05, 0.1) is 6.54 Å². The van der Waals surface area contributed by atoms with Gasteiger partial charge < -0.3 is 13.9 Å². The molecule has 0 amide bonds. The van der Waals surface area contributed by atoms with E-state index in [9.17, 15) is 0 Å². The molecule has 0 saturated carbocycles. The maximum Gasteiger partial charge on any atom is 0.298 e. The summed E-state index contributed by atoms with van der Waals surface area (Å²) < 4.78 is 8.23. The van der Waals surface area contributed by atoms with E-state index in [1.54, 1.807) is 0 Å². The van der Waals surface area contributed by atoms with Gasteiger partial charge in [-0.15, -0.1) is 0 Å². The zero-order chi connectivity index (χ0) is 16.3. The number of anilines is 1. The van der Waals surface area contributed by atoms with Gasteiger partial charge in [-0.25, -0.2) is 0 Å². The van der Waals surface area contributed by atoms with Crippen LogP contribution in [0.2, 0.25) is 5.02 Å². The van der Waals surface area contributed by atoms with Gasteiger partial charge in [-0.2, -0.15) is 4.98 Å². The van der Waals surface area contributed by atoms with Gasteiger partial charge in [0, 0.05) is 35.2 Å². The SMILES string of the molecule is Cn1c2c(c3ccccc31)CCN(c1nc3cc(Cl)ccc3o1)C2. The van der Waals surface area contributed by atoms with Gasteiger partial charge in [0.2, 0.25) is 0 Å². The normalized spacial score (nSPS) is 14.5. The molecule has 0 atom stereocenters. The highest BCUT2D eigenvalue weighted by molar-refractivity contribution is 6.31. The number of halogens is 1. The summed E-state index contributed by atoms with van der Waals surface area (Å²) in [5.74, 6) is 0. The molecular weight excluding hydrogens is 322 g/mol. The number of benzene rings is 2. The minimum Gasteiger partial charge on any atom is -0.423 e. The Morgan fingerprint density at radius 1 is 1.17 bits per heavy atom. The fourth-order valence-corrected chi connectivity index (χ4v) is 3.86. The molecule has 4 nitrogen and oxygen atoms in total. The van der Waals surface area contributed by atoms with E-state index in [1.807, 2.05) is 18.2 Å². The number of hydrogen-bond acceptors (Lipinski definition) is 3. The fourth-order valence-electron chi connectivity index (χ4n) is 3.70. The summed E-state index contributed by atoms with van der Waals surface area (Å²) in [5.41, 5.74) is 5.65.